The zero-order valence-electron chi connectivity index (χ0n) is 12.4. The summed E-state index contributed by atoms with van der Waals surface area (Å²) in [4.78, 5) is 0. The van der Waals surface area contributed by atoms with Crippen molar-refractivity contribution in [1.82, 2.24) is 9.62 Å². The van der Waals surface area contributed by atoms with Crippen molar-refractivity contribution in [2.75, 3.05) is 39.0 Å². The van der Waals surface area contributed by atoms with Gasteiger partial charge < -0.3 is 10.1 Å². The minimum Gasteiger partial charge on any atom is -0.377 e. The second kappa shape index (κ2) is 7.57. The lowest BCUT2D eigenvalue weighted by Gasteiger charge is -2.38. The number of methoxy groups -OCH3 is 1. The van der Waals surface area contributed by atoms with Crippen molar-refractivity contribution in [3.05, 3.63) is 0 Å². The van der Waals surface area contributed by atoms with Crippen molar-refractivity contribution in [2.24, 2.45) is 0 Å². The highest BCUT2D eigenvalue weighted by Crippen LogP contribution is 2.25. The van der Waals surface area contributed by atoms with E-state index >= 15 is 0 Å². The third-order valence-corrected chi connectivity index (χ3v) is 5.60. The number of hydrogen-bond donors (Lipinski definition) is 1. The van der Waals surface area contributed by atoms with Crippen LogP contribution in [0.2, 0.25) is 0 Å². The van der Waals surface area contributed by atoms with E-state index in [2.05, 4.69) is 12.2 Å². The number of piperidine rings is 1. The molecule has 1 atom stereocenters. The van der Waals surface area contributed by atoms with E-state index in [4.69, 9.17) is 4.74 Å². The maximum Gasteiger partial charge on any atom is 0.214 e. The highest BCUT2D eigenvalue weighted by Gasteiger charge is 2.35. The van der Waals surface area contributed by atoms with E-state index in [1.54, 1.807) is 11.4 Å². The van der Waals surface area contributed by atoms with Gasteiger partial charge in [0, 0.05) is 20.2 Å². The minimum atomic E-state index is -3.14. The summed E-state index contributed by atoms with van der Waals surface area (Å²) in [7, 11) is -1.48. The predicted octanol–water partition coefficient (Wildman–Crippen LogP) is 1.21. The first-order valence-corrected chi connectivity index (χ1v) is 8.78. The second-order valence-corrected chi connectivity index (χ2v) is 7.60. The van der Waals surface area contributed by atoms with Crippen molar-refractivity contribution in [1.29, 1.82) is 0 Å². The molecule has 0 aromatic rings. The van der Waals surface area contributed by atoms with Crippen LogP contribution in [0, 0.1) is 0 Å². The van der Waals surface area contributed by atoms with Gasteiger partial charge in [-0.25, -0.2) is 8.42 Å². The SMILES string of the molecule is CCCNCCCS(=O)(=O)N1CCCC(C)(OC)C1. The van der Waals surface area contributed by atoms with Crippen molar-refractivity contribution in [3.8, 4) is 0 Å². The Morgan fingerprint density at radius 2 is 2.11 bits per heavy atom. The van der Waals surface area contributed by atoms with Gasteiger partial charge in [-0.1, -0.05) is 6.92 Å². The van der Waals surface area contributed by atoms with Crippen LogP contribution in [0.5, 0.6) is 0 Å². The van der Waals surface area contributed by atoms with E-state index in [9.17, 15) is 8.42 Å². The van der Waals surface area contributed by atoms with Crippen LogP contribution >= 0.6 is 0 Å². The lowest BCUT2D eigenvalue weighted by atomic mass is 9.96. The molecule has 1 aliphatic rings. The Labute approximate surface area is 117 Å². The molecular weight excluding hydrogens is 264 g/mol. The maximum atomic E-state index is 12.3. The number of rotatable bonds is 8. The average Bonchev–Trinajstić information content (AvgIpc) is 2.38. The molecule has 0 spiro atoms. The van der Waals surface area contributed by atoms with Crippen LogP contribution in [0.3, 0.4) is 0 Å². The fourth-order valence-electron chi connectivity index (χ4n) is 2.38. The van der Waals surface area contributed by atoms with Crippen molar-refractivity contribution < 1.29 is 13.2 Å². The molecule has 0 bridgehead atoms. The summed E-state index contributed by atoms with van der Waals surface area (Å²) in [5.41, 5.74) is -0.328. The van der Waals surface area contributed by atoms with Gasteiger partial charge in [0.05, 0.1) is 11.4 Å². The van der Waals surface area contributed by atoms with Gasteiger partial charge in [0.2, 0.25) is 10.0 Å². The summed E-state index contributed by atoms with van der Waals surface area (Å²) >= 11 is 0. The van der Waals surface area contributed by atoms with E-state index in [1.807, 2.05) is 6.92 Å². The van der Waals surface area contributed by atoms with Gasteiger partial charge in [-0.3, -0.25) is 0 Å². The Kier molecular flexibility index (Phi) is 6.73. The van der Waals surface area contributed by atoms with Gasteiger partial charge in [0.25, 0.3) is 0 Å². The maximum absolute atomic E-state index is 12.3. The molecule has 1 fully saturated rings. The summed E-state index contributed by atoms with van der Waals surface area (Å²) < 4.78 is 31.6. The van der Waals surface area contributed by atoms with Crippen molar-refractivity contribution in [2.45, 2.75) is 45.1 Å². The third-order valence-electron chi connectivity index (χ3n) is 3.69. The Hall–Kier alpha value is -0.170. The Balaban J connectivity index is 2.43. The van der Waals surface area contributed by atoms with Gasteiger partial charge in [0.15, 0.2) is 0 Å². The predicted molar refractivity (Wildman–Crippen MR) is 77.8 cm³/mol. The minimum absolute atomic E-state index is 0.226. The van der Waals surface area contributed by atoms with Crippen LogP contribution in [-0.4, -0.2) is 57.4 Å². The Morgan fingerprint density at radius 3 is 2.74 bits per heavy atom. The Bertz CT molecular complexity index is 359. The van der Waals surface area contributed by atoms with Gasteiger partial charge in [-0.05, 0) is 45.7 Å². The molecule has 114 valence electrons. The quantitative estimate of drug-likeness (QED) is 0.683. The molecule has 1 aliphatic heterocycles. The topological polar surface area (TPSA) is 58.6 Å². The van der Waals surface area contributed by atoms with E-state index in [0.29, 0.717) is 19.5 Å². The fourth-order valence-corrected chi connectivity index (χ4v) is 4.02. The summed E-state index contributed by atoms with van der Waals surface area (Å²) in [5.74, 6) is 0.226. The molecule has 0 aromatic heterocycles. The summed E-state index contributed by atoms with van der Waals surface area (Å²) in [5, 5.41) is 3.23. The highest BCUT2D eigenvalue weighted by atomic mass is 32.2. The molecule has 1 rings (SSSR count). The second-order valence-electron chi connectivity index (χ2n) is 5.51. The highest BCUT2D eigenvalue weighted by molar-refractivity contribution is 7.89. The lowest BCUT2D eigenvalue weighted by molar-refractivity contribution is -0.0319. The van der Waals surface area contributed by atoms with Crippen molar-refractivity contribution >= 4 is 10.0 Å². The van der Waals surface area contributed by atoms with E-state index in [-0.39, 0.29) is 11.4 Å². The molecule has 0 radical (unpaired) electrons. The smallest absolute Gasteiger partial charge is 0.214 e. The first-order valence-electron chi connectivity index (χ1n) is 7.17. The largest absolute Gasteiger partial charge is 0.377 e. The molecular formula is C13H28N2O3S. The zero-order valence-corrected chi connectivity index (χ0v) is 13.3. The summed E-state index contributed by atoms with van der Waals surface area (Å²) in [6.07, 6.45) is 3.54. The number of sulfonamides is 1. The molecule has 0 aromatic carbocycles. The number of ether oxygens (including phenoxy) is 1. The molecule has 1 heterocycles. The molecule has 19 heavy (non-hydrogen) atoms. The van der Waals surface area contributed by atoms with Gasteiger partial charge in [-0.15, -0.1) is 0 Å². The van der Waals surface area contributed by atoms with Gasteiger partial charge in [0.1, 0.15) is 0 Å². The van der Waals surface area contributed by atoms with E-state index < -0.39 is 10.0 Å². The summed E-state index contributed by atoms with van der Waals surface area (Å²) in [6.45, 7) is 6.91. The molecule has 1 unspecified atom stereocenters. The lowest BCUT2D eigenvalue weighted by Crippen LogP contribution is -2.50. The molecule has 0 amide bonds. The van der Waals surface area contributed by atoms with E-state index in [1.165, 1.54) is 0 Å². The number of nitrogens with one attached hydrogen (secondary N) is 1. The molecule has 1 saturated heterocycles. The van der Waals surface area contributed by atoms with Crippen LogP contribution in [0.15, 0.2) is 0 Å². The Morgan fingerprint density at radius 1 is 1.37 bits per heavy atom. The molecule has 5 nitrogen and oxygen atoms in total. The van der Waals surface area contributed by atoms with Crippen LogP contribution in [-0.2, 0) is 14.8 Å². The molecule has 6 heteroatoms. The first-order chi connectivity index (χ1) is 8.93. The average molecular weight is 292 g/mol. The molecule has 0 saturated carbocycles. The standard InChI is InChI=1S/C13H28N2O3S/c1-4-8-14-9-6-11-19(16,17)15-10-5-7-13(2,12-15)18-3/h14H,4-12H2,1-3H3. The number of hydrogen-bond acceptors (Lipinski definition) is 4. The fraction of sp³-hybridized carbons (Fsp3) is 1.00. The monoisotopic (exact) mass is 292 g/mol. The van der Waals surface area contributed by atoms with Gasteiger partial charge in [-0.2, -0.15) is 4.31 Å². The first kappa shape index (κ1) is 16.9. The van der Waals surface area contributed by atoms with E-state index in [0.717, 1.165) is 32.4 Å². The normalized spacial score (nSPS) is 25.6. The number of nitrogens with zero attached hydrogens (tertiary/aromatic N) is 1. The molecule has 1 N–H and O–H groups in total. The van der Waals surface area contributed by atoms with Crippen LogP contribution in [0.4, 0.5) is 0 Å². The molecule has 0 aliphatic carbocycles. The van der Waals surface area contributed by atoms with Crippen LogP contribution in [0.25, 0.3) is 0 Å². The van der Waals surface area contributed by atoms with Crippen molar-refractivity contribution in [3.63, 3.8) is 0 Å². The van der Waals surface area contributed by atoms with Crippen LogP contribution in [0.1, 0.15) is 39.5 Å². The summed E-state index contributed by atoms with van der Waals surface area (Å²) in [6, 6.07) is 0. The van der Waals surface area contributed by atoms with Crippen LogP contribution < -0.4 is 5.32 Å². The third kappa shape index (κ3) is 5.38. The zero-order chi connectivity index (χ0) is 14.4. The van der Waals surface area contributed by atoms with Gasteiger partial charge >= 0.3 is 0 Å².